The smallest absolute Gasteiger partial charge is 0.315 e. The summed E-state index contributed by atoms with van der Waals surface area (Å²) < 4.78 is 0. The van der Waals surface area contributed by atoms with Gasteiger partial charge < -0.3 is 10.6 Å². The Morgan fingerprint density at radius 3 is 2.54 bits per heavy atom. The summed E-state index contributed by atoms with van der Waals surface area (Å²) in [5, 5.41) is 14.8. The van der Waals surface area contributed by atoms with Crippen LogP contribution in [0.1, 0.15) is 22.3 Å². The summed E-state index contributed by atoms with van der Waals surface area (Å²) in [7, 11) is 0. The molecule has 2 N–H and O–H groups in total. The van der Waals surface area contributed by atoms with Crippen molar-refractivity contribution in [3.63, 3.8) is 0 Å². The molecule has 0 saturated heterocycles. The molecule has 2 rings (SSSR count). The van der Waals surface area contributed by atoms with Gasteiger partial charge in [-0.3, -0.25) is 0 Å². The van der Waals surface area contributed by atoms with Gasteiger partial charge in [-0.05, 0) is 29.7 Å². The van der Waals surface area contributed by atoms with Crippen LogP contribution in [-0.2, 0) is 12.3 Å². The average Bonchev–Trinajstić information content (AvgIpc) is 2.61. The second-order valence-electron chi connectivity index (χ2n) is 5.36. The summed E-state index contributed by atoms with van der Waals surface area (Å²) in [5.41, 5.74) is 4.04. The Morgan fingerprint density at radius 1 is 1.08 bits per heavy atom. The third kappa shape index (κ3) is 5.64. The van der Waals surface area contributed by atoms with E-state index in [0.717, 1.165) is 22.6 Å². The summed E-state index contributed by atoms with van der Waals surface area (Å²) in [6.45, 7) is 3.16. The standard InChI is InChI=1S/C19H21N3OS/c1-15-6-2-3-8-17(15)13-22-19(23)21-10-11-24-14-18-9-5-4-7-16(18)12-20/h2-9H,10-11,13-14H2,1H3,(H2,21,22,23). The first kappa shape index (κ1) is 17.9. The van der Waals surface area contributed by atoms with E-state index in [9.17, 15) is 4.79 Å². The molecule has 5 heteroatoms. The number of nitriles is 1. The first-order chi connectivity index (χ1) is 11.7. The number of benzene rings is 2. The zero-order valence-electron chi connectivity index (χ0n) is 13.7. The lowest BCUT2D eigenvalue weighted by Crippen LogP contribution is -2.36. The fourth-order valence-corrected chi connectivity index (χ4v) is 3.08. The molecule has 24 heavy (non-hydrogen) atoms. The predicted molar refractivity (Wildman–Crippen MR) is 98.7 cm³/mol. The summed E-state index contributed by atoms with van der Waals surface area (Å²) >= 11 is 1.70. The van der Waals surface area contributed by atoms with Gasteiger partial charge in [0, 0.05) is 24.6 Å². The van der Waals surface area contributed by atoms with Crippen LogP contribution in [0.3, 0.4) is 0 Å². The van der Waals surface area contributed by atoms with E-state index in [4.69, 9.17) is 5.26 Å². The van der Waals surface area contributed by atoms with Crippen LogP contribution < -0.4 is 10.6 Å². The van der Waals surface area contributed by atoms with Crippen LogP contribution in [0.25, 0.3) is 0 Å². The van der Waals surface area contributed by atoms with Gasteiger partial charge in [-0.15, -0.1) is 0 Å². The minimum absolute atomic E-state index is 0.156. The highest BCUT2D eigenvalue weighted by atomic mass is 32.2. The highest BCUT2D eigenvalue weighted by Crippen LogP contribution is 2.15. The number of carbonyl (C=O) groups excluding carboxylic acids is 1. The summed E-state index contributed by atoms with van der Waals surface area (Å²) in [6, 6.07) is 17.6. The first-order valence-electron chi connectivity index (χ1n) is 7.82. The van der Waals surface area contributed by atoms with Crippen LogP contribution >= 0.6 is 11.8 Å². The normalized spacial score (nSPS) is 10.0. The van der Waals surface area contributed by atoms with Crippen molar-refractivity contribution in [3.8, 4) is 6.07 Å². The Bertz CT molecular complexity index is 725. The molecule has 2 aromatic carbocycles. The van der Waals surface area contributed by atoms with Crippen molar-refractivity contribution in [1.82, 2.24) is 10.6 Å². The zero-order valence-corrected chi connectivity index (χ0v) is 14.5. The van der Waals surface area contributed by atoms with E-state index in [-0.39, 0.29) is 6.03 Å². The molecule has 0 heterocycles. The number of hydrogen-bond donors (Lipinski definition) is 2. The number of aryl methyl sites for hydroxylation is 1. The molecule has 0 aliphatic heterocycles. The van der Waals surface area contributed by atoms with Crippen LogP contribution in [0.2, 0.25) is 0 Å². The Hall–Kier alpha value is -2.45. The molecular formula is C19H21N3OS. The van der Waals surface area contributed by atoms with E-state index < -0.39 is 0 Å². The molecule has 0 bridgehead atoms. The molecule has 0 aromatic heterocycles. The van der Waals surface area contributed by atoms with Crippen molar-refractivity contribution in [2.45, 2.75) is 19.2 Å². The van der Waals surface area contributed by atoms with Gasteiger partial charge in [-0.1, -0.05) is 42.5 Å². The van der Waals surface area contributed by atoms with E-state index in [2.05, 4.69) is 16.7 Å². The molecule has 0 aliphatic carbocycles. The van der Waals surface area contributed by atoms with E-state index in [0.29, 0.717) is 18.7 Å². The largest absolute Gasteiger partial charge is 0.337 e. The third-order valence-electron chi connectivity index (χ3n) is 3.63. The summed E-state index contributed by atoms with van der Waals surface area (Å²) in [6.07, 6.45) is 0. The molecule has 0 unspecified atom stereocenters. The van der Waals surface area contributed by atoms with Crippen LogP contribution in [0.4, 0.5) is 4.79 Å². The molecule has 2 amide bonds. The van der Waals surface area contributed by atoms with Crippen LogP contribution in [0.15, 0.2) is 48.5 Å². The predicted octanol–water partition coefficient (Wildman–Crippen LogP) is 3.60. The second-order valence-corrected chi connectivity index (χ2v) is 6.46. The van der Waals surface area contributed by atoms with Crippen LogP contribution in [-0.4, -0.2) is 18.3 Å². The van der Waals surface area contributed by atoms with Gasteiger partial charge in [0.15, 0.2) is 0 Å². The van der Waals surface area contributed by atoms with Crippen molar-refractivity contribution in [3.05, 3.63) is 70.8 Å². The van der Waals surface area contributed by atoms with Gasteiger partial charge in [-0.2, -0.15) is 17.0 Å². The molecule has 0 atom stereocenters. The van der Waals surface area contributed by atoms with Crippen molar-refractivity contribution in [2.75, 3.05) is 12.3 Å². The maximum Gasteiger partial charge on any atom is 0.315 e. The Balaban J connectivity index is 1.63. The average molecular weight is 339 g/mol. The van der Waals surface area contributed by atoms with E-state index in [1.165, 1.54) is 5.56 Å². The van der Waals surface area contributed by atoms with Crippen molar-refractivity contribution < 1.29 is 4.79 Å². The van der Waals surface area contributed by atoms with Crippen LogP contribution in [0.5, 0.6) is 0 Å². The van der Waals surface area contributed by atoms with Crippen molar-refractivity contribution in [2.24, 2.45) is 0 Å². The number of thioether (sulfide) groups is 1. The van der Waals surface area contributed by atoms with Crippen LogP contribution in [0, 0.1) is 18.3 Å². The van der Waals surface area contributed by atoms with Gasteiger partial charge in [-0.25, -0.2) is 4.79 Å². The minimum Gasteiger partial charge on any atom is -0.337 e. The lowest BCUT2D eigenvalue weighted by atomic mass is 10.1. The van der Waals surface area contributed by atoms with E-state index in [1.807, 2.05) is 55.5 Å². The molecular weight excluding hydrogens is 318 g/mol. The minimum atomic E-state index is -0.156. The lowest BCUT2D eigenvalue weighted by Gasteiger charge is -2.09. The van der Waals surface area contributed by atoms with Gasteiger partial charge in [0.05, 0.1) is 11.6 Å². The van der Waals surface area contributed by atoms with E-state index >= 15 is 0 Å². The highest BCUT2D eigenvalue weighted by Gasteiger charge is 2.03. The molecule has 0 fully saturated rings. The van der Waals surface area contributed by atoms with Gasteiger partial charge in [0.1, 0.15) is 0 Å². The zero-order chi connectivity index (χ0) is 17.2. The SMILES string of the molecule is Cc1ccccc1CNC(=O)NCCSCc1ccccc1C#N. The quantitative estimate of drug-likeness (QED) is 0.758. The molecule has 4 nitrogen and oxygen atoms in total. The monoisotopic (exact) mass is 339 g/mol. The maximum absolute atomic E-state index is 11.8. The van der Waals surface area contributed by atoms with E-state index in [1.54, 1.807) is 11.8 Å². The fourth-order valence-electron chi connectivity index (χ4n) is 2.22. The Labute approximate surface area is 147 Å². The van der Waals surface area contributed by atoms with Gasteiger partial charge >= 0.3 is 6.03 Å². The second kappa shape index (κ2) is 9.64. The summed E-state index contributed by atoms with van der Waals surface area (Å²) in [4.78, 5) is 11.8. The molecule has 0 saturated carbocycles. The van der Waals surface area contributed by atoms with Crippen molar-refractivity contribution in [1.29, 1.82) is 5.26 Å². The Morgan fingerprint density at radius 2 is 1.79 bits per heavy atom. The molecule has 124 valence electrons. The molecule has 2 aromatic rings. The number of hydrogen-bond acceptors (Lipinski definition) is 3. The van der Waals surface area contributed by atoms with Gasteiger partial charge in [0.25, 0.3) is 0 Å². The molecule has 0 spiro atoms. The van der Waals surface area contributed by atoms with Crippen molar-refractivity contribution >= 4 is 17.8 Å². The Kier molecular flexibility index (Phi) is 7.19. The maximum atomic E-state index is 11.8. The topological polar surface area (TPSA) is 64.9 Å². The number of nitrogens with zero attached hydrogens (tertiary/aromatic N) is 1. The molecule has 0 radical (unpaired) electrons. The number of nitrogens with one attached hydrogen (secondary N) is 2. The highest BCUT2D eigenvalue weighted by molar-refractivity contribution is 7.98. The first-order valence-corrected chi connectivity index (χ1v) is 8.98. The summed E-state index contributed by atoms with van der Waals surface area (Å²) in [5.74, 6) is 1.58. The fraction of sp³-hybridized carbons (Fsp3) is 0.263. The third-order valence-corrected chi connectivity index (χ3v) is 4.64. The lowest BCUT2D eigenvalue weighted by molar-refractivity contribution is 0.241. The number of urea groups is 1. The van der Waals surface area contributed by atoms with Gasteiger partial charge in [0.2, 0.25) is 0 Å². The number of rotatable bonds is 7. The number of amides is 2. The molecule has 0 aliphatic rings. The number of carbonyl (C=O) groups is 1.